The zero-order valence-electron chi connectivity index (χ0n) is 11.7. The Morgan fingerprint density at radius 3 is 2.82 bits per heavy atom. The highest BCUT2D eigenvalue weighted by molar-refractivity contribution is 6.32. The average Bonchev–Trinajstić information content (AvgIpc) is 2.47. The van der Waals surface area contributed by atoms with Crippen molar-refractivity contribution in [3.8, 4) is 23.8 Å². The lowest BCUT2D eigenvalue weighted by molar-refractivity contribution is 0.278. The van der Waals surface area contributed by atoms with Gasteiger partial charge in [-0.05, 0) is 19.9 Å². The molecule has 2 rings (SSSR count). The van der Waals surface area contributed by atoms with E-state index < -0.39 is 23.2 Å². The molecule has 114 valence electrons. The van der Waals surface area contributed by atoms with E-state index in [2.05, 4.69) is 16.1 Å². The molecule has 0 aliphatic rings. The summed E-state index contributed by atoms with van der Waals surface area (Å²) in [7, 11) is 0. The summed E-state index contributed by atoms with van der Waals surface area (Å²) in [5, 5.41) is 5.59. The molecule has 0 amide bonds. The molecular formula is C14H11ClFN3O3. The summed E-state index contributed by atoms with van der Waals surface area (Å²) in [5.41, 5.74) is -1.93. The number of benzene rings is 1. The van der Waals surface area contributed by atoms with Gasteiger partial charge in [0.2, 0.25) is 0 Å². The lowest BCUT2D eigenvalue weighted by Crippen LogP contribution is -2.36. The zero-order valence-corrected chi connectivity index (χ0v) is 12.4. The monoisotopic (exact) mass is 323 g/mol. The number of H-pyrrole nitrogens is 1. The lowest BCUT2D eigenvalue weighted by atomic mass is 10.2. The van der Waals surface area contributed by atoms with Crippen LogP contribution in [0.25, 0.3) is 5.69 Å². The first kappa shape index (κ1) is 15.8. The normalized spacial score (nSPS) is 11.8. The number of hydrogen-bond donors (Lipinski definition) is 1. The Morgan fingerprint density at radius 1 is 1.50 bits per heavy atom. The molecule has 1 heterocycles. The van der Waals surface area contributed by atoms with Gasteiger partial charge in [-0.2, -0.15) is 5.10 Å². The quantitative estimate of drug-likeness (QED) is 0.867. The van der Waals surface area contributed by atoms with Crippen LogP contribution in [0.2, 0.25) is 5.02 Å². The molecule has 0 saturated carbocycles. The summed E-state index contributed by atoms with van der Waals surface area (Å²) in [6, 6.07) is 2.08. The summed E-state index contributed by atoms with van der Waals surface area (Å²) in [4.78, 5) is 23.8. The van der Waals surface area contributed by atoms with Crippen molar-refractivity contribution in [3.63, 3.8) is 0 Å². The number of aryl methyl sites for hydroxylation is 1. The van der Waals surface area contributed by atoms with Crippen molar-refractivity contribution in [3.05, 3.63) is 49.5 Å². The highest BCUT2D eigenvalue weighted by atomic mass is 35.5. The van der Waals surface area contributed by atoms with Gasteiger partial charge in [0.05, 0.1) is 10.7 Å². The van der Waals surface area contributed by atoms with Crippen molar-refractivity contribution in [1.29, 1.82) is 0 Å². The van der Waals surface area contributed by atoms with Crippen LogP contribution in [0.3, 0.4) is 0 Å². The minimum Gasteiger partial charge on any atom is -0.476 e. The van der Waals surface area contributed by atoms with Crippen LogP contribution in [0.5, 0.6) is 5.75 Å². The first-order valence-electron chi connectivity index (χ1n) is 6.15. The van der Waals surface area contributed by atoms with Crippen LogP contribution in [0, 0.1) is 25.1 Å². The van der Waals surface area contributed by atoms with Crippen LogP contribution in [-0.4, -0.2) is 20.9 Å². The molecule has 6 nitrogen and oxygen atoms in total. The second kappa shape index (κ2) is 6.03. The van der Waals surface area contributed by atoms with Crippen LogP contribution >= 0.6 is 11.6 Å². The highest BCUT2D eigenvalue weighted by Gasteiger charge is 2.17. The van der Waals surface area contributed by atoms with E-state index in [9.17, 15) is 14.0 Å². The van der Waals surface area contributed by atoms with Gasteiger partial charge in [0.15, 0.2) is 6.10 Å². The van der Waals surface area contributed by atoms with E-state index in [0.717, 1.165) is 12.1 Å². The van der Waals surface area contributed by atoms with Gasteiger partial charge in [-0.1, -0.05) is 17.5 Å². The topological polar surface area (TPSA) is 77.0 Å². The number of terminal acetylenes is 1. The highest BCUT2D eigenvalue weighted by Crippen LogP contribution is 2.29. The number of halogens is 2. The summed E-state index contributed by atoms with van der Waals surface area (Å²) in [6.07, 6.45) is 4.59. The lowest BCUT2D eigenvalue weighted by Gasteiger charge is -2.13. The van der Waals surface area contributed by atoms with E-state index in [1.165, 1.54) is 6.92 Å². The summed E-state index contributed by atoms with van der Waals surface area (Å²) in [6.45, 7) is 2.98. The average molecular weight is 324 g/mol. The molecular weight excluding hydrogens is 313 g/mol. The Hall–Kier alpha value is -2.59. The van der Waals surface area contributed by atoms with Crippen LogP contribution in [-0.2, 0) is 0 Å². The second-order valence-electron chi connectivity index (χ2n) is 4.42. The van der Waals surface area contributed by atoms with E-state index in [1.807, 2.05) is 0 Å². The van der Waals surface area contributed by atoms with Gasteiger partial charge in [-0.25, -0.2) is 18.9 Å². The molecule has 0 radical (unpaired) electrons. The largest absolute Gasteiger partial charge is 0.476 e. The van der Waals surface area contributed by atoms with Crippen LogP contribution < -0.4 is 16.0 Å². The molecule has 1 unspecified atom stereocenters. The maximum Gasteiger partial charge on any atom is 0.349 e. The number of nitrogens with one attached hydrogen (secondary N) is 1. The van der Waals surface area contributed by atoms with Crippen molar-refractivity contribution in [1.82, 2.24) is 14.8 Å². The molecule has 0 spiro atoms. The smallest absolute Gasteiger partial charge is 0.349 e. The minimum atomic E-state index is -0.882. The molecule has 0 bridgehead atoms. The van der Waals surface area contributed by atoms with E-state index in [1.54, 1.807) is 6.92 Å². The first-order valence-corrected chi connectivity index (χ1v) is 6.53. The van der Waals surface area contributed by atoms with E-state index in [0.29, 0.717) is 4.57 Å². The molecule has 22 heavy (non-hydrogen) atoms. The predicted molar refractivity (Wildman–Crippen MR) is 79.1 cm³/mol. The number of aromatic nitrogens is 3. The van der Waals surface area contributed by atoms with Gasteiger partial charge in [-0.3, -0.25) is 4.79 Å². The number of ether oxygens (including phenoxy) is 1. The predicted octanol–water partition coefficient (Wildman–Crippen LogP) is 1.42. The molecule has 1 N–H and O–H groups in total. The SMILES string of the molecule is C#CC(C)Oc1cc(-n2c(=O)[nH]nc(C)c2=O)c(F)cc1Cl. The maximum absolute atomic E-state index is 14.1. The number of hydrogen-bond acceptors (Lipinski definition) is 4. The first-order chi connectivity index (χ1) is 10.3. The second-order valence-corrected chi connectivity index (χ2v) is 4.82. The van der Waals surface area contributed by atoms with Gasteiger partial charge in [0.1, 0.15) is 17.3 Å². The summed E-state index contributed by atoms with van der Waals surface area (Å²) in [5.74, 6) is 1.53. The molecule has 0 aliphatic carbocycles. The van der Waals surface area contributed by atoms with Crippen molar-refractivity contribution in [2.75, 3.05) is 0 Å². The Kier molecular flexibility index (Phi) is 4.33. The minimum absolute atomic E-state index is 0.00779. The van der Waals surface area contributed by atoms with E-state index >= 15 is 0 Å². The number of rotatable bonds is 3. The fraction of sp³-hybridized carbons (Fsp3) is 0.214. The Balaban J connectivity index is 2.70. The third kappa shape index (κ3) is 2.87. The van der Waals surface area contributed by atoms with Crippen molar-refractivity contribution in [2.45, 2.75) is 20.0 Å². The fourth-order valence-corrected chi connectivity index (χ4v) is 1.90. The number of aromatic amines is 1. The van der Waals surface area contributed by atoms with Gasteiger partial charge in [-0.15, -0.1) is 6.42 Å². The Bertz CT molecular complexity index is 882. The van der Waals surface area contributed by atoms with Gasteiger partial charge >= 0.3 is 5.69 Å². The Morgan fingerprint density at radius 2 is 2.18 bits per heavy atom. The van der Waals surface area contributed by atoms with Crippen LogP contribution in [0.4, 0.5) is 4.39 Å². The molecule has 2 aromatic rings. The summed E-state index contributed by atoms with van der Waals surface area (Å²) < 4.78 is 20.1. The van der Waals surface area contributed by atoms with Gasteiger partial charge in [0, 0.05) is 6.07 Å². The summed E-state index contributed by atoms with van der Waals surface area (Å²) >= 11 is 5.88. The Labute approximate surface area is 129 Å². The molecule has 1 aromatic carbocycles. The van der Waals surface area contributed by atoms with E-state index in [-0.39, 0.29) is 22.2 Å². The standard InChI is InChI=1S/C14H11ClFN3O3/c1-4-7(2)22-12-6-11(10(16)5-9(12)15)19-13(20)8(3)17-18-14(19)21/h1,5-7H,2-3H3,(H,18,21). The van der Waals surface area contributed by atoms with Gasteiger partial charge < -0.3 is 4.74 Å². The molecule has 8 heteroatoms. The van der Waals surface area contributed by atoms with Crippen molar-refractivity contribution >= 4 is 11.6 Å². The zero-order chi connectivity index (χ0) is 16.4. The van der Waals surface area contributed by atoms with E-state index in [4.69, 9.17) is 22.8 Å². The van der Waals surface area contributed by atoms with Gasteiger partial charge in [0.25, 0.3) is 5.56 Å². The third-order valence-electron chi connectivity index (χ3n) is 2.82. The molecule has 0 aliphatic heterocycles. The van der Waals surface area contributed by atoms with Crippen LogP contribution in [0.15, 0.2) is 21.7 Å². The molecule has 1 atom stereocenters. The van der Waals surface area contributed by atoms with Crippen LogP contribution in [0.1, 0.15) is 12.6 Å². The molecule has 0 saturated heterocycles. The molecule has 0 fully saturated rings. The van der Waals surface area contributed by atoms with Crippen molar-refractivity contribution in [2.24, 2.45) is 0 Å². The fourth-order valence-electron chi connectivity index (χ4n) is 1.71. The molecule has 1 aromatic heterocycles. The maximum atomic E-state index is 14.1. The number of nitrogens with zero attached hydrogens (tertiary/aromatic N) is 2. The third-order valence-corrected chi connectivity index (χ3v) is 3.11. The van der Waals surface area contributed by atoms with Crippen molar-refractivity contribution < 1.29 is 9.13 Å².